The lowest BCUT2D eigenvalue weighted by Gasteiger charge is -2.08. The summed E-state index contributed by atoms with van der Waals surface area (Å²) in [5.41, 5.74) is 1.23. The standard InChI is InChI=1S/C21H18F3N3O3S/c1-12-17(31-19(26-12)14-3-7-15(8-4-14)21(22,23)24)11-30-16-9-5-13(6-10-16)18(25-2)27-20(28)29/h3-10H,11H2,1-2H3,(H,25,27)(H,28,29). The van der Waals surface area contributed by atoms with Crippen LogP contribution in [-0.2, 0) is 12.8 Å². The number of amidine groups is 1. The van der Waals surface area contributed by atoms with Crippen molar-refractivity contribution in [3.63, 3.8) is 0 Å². The Morgan fingerprint density at radius 2 is 1.81 bits per heavy atom. The van der Waals surface area contributed by atoms with E-state index in [1.807, 2.05) is 6.92 Å². The van der Waals surface area contributed by atoms with E-state index in [2.05, 4.69) is 15.3 Å². The molecule has 0 spiro atoms. The summed E-state index contributed by atoms with van der Waals surface area (Å²) in [5.74, 6) is 0.789. The Kier molecular flexibility index (Phi) is 6.59. The molecule has 3 rings (SSSR count). The summed E-state index contributed by atoms with van der Waals surface area (Å²) >= 11 is 1.35. The van der Waals surface area contributed by atoms with Gasteiger partial charge in [-0.15, -0.1) is 11.3 Å². The van der Waals surface area contributed by atoms with Crippen LogP contribution in [0.3, 0.4) is 0 Å². The second kappa shape index (κ2) is 9.17. The summed E-state index contributed by atoms with van der Waals surface area (Å²) in [6, 6.07) is 11.6. The van der Waals surface area contributed by atoms with Gasteiger partial charge in [0.15, 0.2) is 0 Å². The smallest absolute Gasteiger partial charge is 0.416 e. The molecule has 0 aliphatic heterocycles. The minimum absolute atomic E-state index is 0.221. The molecule has 1 amide bonds. The van der Waals surface area contributed by atoms with Crippen LogP contribution in [0, 0.1) is 6.92 Å². The number of ether oxygens (including phenoxy) is 1. The summed E-state index contributed by atoms with van der Waals surface area (Å²) < 4.78 is 44.0. The summed E-state index contributed by atoms with van der Waals surface area (Å²) in [6.07, 6.45) is -5.58. The predicted molar refractivity (Wildman–Crippen MR) is 112 cm³/mol. The van der Waals surface area contributed by atoms with E-state index in [0.717, 1.165) is 22.7 Å². The molecule has 0 bridgehead atoms. The van der Waals surface area contributed by atoms with Crippen molar-refractivity contribution in [2.75, 3.05) is 7.05 Å². The molecule has 162 valence electrons. The Balaban J connectivity index is 1.68. The molecule has 1 aromatic heterocycles. The van der Waals surface area contributed by atoms with Gasteiger partial charge >= 0.3 is 12.3 Å². The van der Waals surface area contributed by atoms with Crippen LogP contribution in [-0.4, -0.2) is 29.1 Å². The number of benzene rings is 2. The minimum atomic E-state index is -4.38. The zero-order valence-electron chi connectivity index (χ0n) is 16.5. The highest BCUT2D eigenvalue weighted by atomic mass is 32.1. The largest absolute Gasteiger partial charge is 0.488 e. The van der Waals surface area contributed by atoms with Gasteiger partial charge in [-0.3, -0.25) is 10.3 Å². The van der Waals surface area contributed by atoms with Crippen LogP contribution in [0.4, 0.5) is 18.0 Å². The van der Waals surface area contributed by atoms with E-state index in [9.17, 15) is 18.0 Å². The molecule has 0 fully saturated rings. The van der Waals surface area contributed by atoms with Gasteiger partial charge in [0.1, 0.15) is 23.2 Å². The molecular formula is C21H18F3N3O3S. The molecule has 10 heteroatoms. The molecule has 6 nitrogen and oxygen atoms in total. The summed E-state index contributed by atoms with van der Waals surface area (Å²) in [5, 5.41) is 11.7. The highest BCUT2D eigenvalue weighted by Crippen LogP contribution is 2.33. The molecule has 0 radical (unpaired) electrons. The van der Waals surface area contributed by atoms with Crippen LogP contribution >= 0.6 is 11.3 Å². The first kappa shape index (κ1) is 22.3. The van der Waals surface area contributed by atoms with E-state index < -0.39 is 17.8 Å². The number of nitrogens with zero attached hydrogens (tertiary/aromatic N) is 2. The lowest BCUT2D eigenvalue weighted by Crippen LogP contribution is -2.29. The Bertz CT molecular complexity index is 1090. The van der Waals surface area contributed by atoms with E-state index in [1.54, 1.807) is 24.3 Å². The fraction of sp³-hybridized carbons (Fsp3) is 0.190. The number of hydrogen-bond acceptors (Lipinski definition) is 5. The Morgan fingerprint density at radius 1 is 1.16 bits per heavy atom. The predicted octanol–water partition coefficient (Wildman–Crippen LogP) is 5.36. The molecule has 0 atom stereocenters. The highest BCUT2D eigenvalue weighted by molar-refractivity contribution is 7.15. The monoisotopic (exact) mass is 449 g/mol. The minimum Gasteiger partial charge on any atom is -0.488 e. The van der Waals surface area contributed by atoms with Crippen molar-refractivity contribution in [2.24, 2.45) is 4.99 Å². The van der Waals surface area contributed by atoms with Gasteiger partial charge in [-0.1, -0.05) is 12.1 Å². The van der Waals surface area contributed by atoms with Crippen molar-refractivity contribution in [2.45, 2.75) is 19.7 Å². The van der Waals surface area contributed by atoms with Crippen molar-refractivity contribution >= 4 is 23.3 Å². The lowest BCUT2D eigenvalue weighted by molar-refractivity contribution is -0.137. The van der Waals surface area contributed by atoms with Gasteiger partial charge < -0.3 is 9.84 Å². The first-order valence-corrected chi connectivity index (χ1v) is 9.83. The third kappa shape index (κ3) is 5.60. The fourth-order valence-electron chi connectivity index (χ4n) is 2.70. The van der Waals surface area contributed by atoms with Crippen molar-refractivity contribution in [1.29, 1.82) is 0 Å². The second-order valence-electron chi connectivity index (χ2n) is 6.42. The number of halogens is 3. The van der Waals surface area contributed by atoms with Crippen LogP contribution in [0.1, 0.15) is 21.7 Å². The van der Waals surface area contributed by atoms with Gasteiger partial charge in [0, 0.05) is 18.2 Å². The molecule has 3 aromatic rings. The second-order valence-corrected chi connectivity index (χ2v) is 7.50. The first-order valence-electron chi connectivity index (χ1n) is 9.01. The van der Waals surface area contributed by atoms with E-state index in [0.29, 0.717) is 21.9 Å². The van der Waals surface area contributed by atoms with Gasteiger partial charge in [0.2, 0.25) is 0 Å². The Hall–Kier alpha value is -3.40. The number of carboxylic acid groups (broad SMARTS) is 1. The van der Waals surface area contributed by atoms with Crippen molar-refractivity contribution in [3.8, 4) is 16.3 Å². The van der Waals surface area contributed by atoms with Gasteiger partial charge in [0.25, 0.3) is 0 Å². The van der Waals surface area contributed by atoms with Crippen molar-refractivity contribution in [3.05, 3.63) is 70.2 Å². The number of aliphatic imine (C=N–C) groups is 1. The average molecular weight is 449 g/mol. The number of rotatable bonds is 5. The molecule has 31 heavy (non-hydrogen) atoms. The third-order valence-corrected chi connectivity index (χ3v) is 5.48. The number of thiazole rings is 1. The summed E-state index contributed by atoms with van der Waals surface area (Å²) in [4.78, 5) is 20.0. The zero-order valence-corrected chi connectivity index (χ0v) is 17.3. The van der Waals surface area contributed by atoms with E-state index in [-0.39, 0.29) is 12.4 Å². The van der Waals surface area contributed by atoms with Crippen LogP contribution in [0.2, 0.25) is 0 Å². The highest BCUT2D eigenvalue weighted by Gasteiger charge is 2.30. The van der Waals surface area contributed by atoms with Crippen LogP contribution in [0.15, 0.2) is 53.5 Å². The molecular weight excluding hydrogens is 431 g/mol. The summed E-state index contributed by atoms with van der Waals surface area (Å²) in [6.45, 7) is 2.05. The van der Waals surface area contributed by atoms with Crippen LogP contribution in [0.5, 0.6) is 5.75 Å². The van der Waals surface area contributed by atoms with Crippen LogP contribution in [0.25, 0.3) is 10.6 Å². The molecule has 0 unspecified atom stereocenters. The zero-order chi connectivity index (χ0) is 22.6. The van der Waals surface area contributed by atoms with Crippen molar-refractivity contribution < 1.29 is 27.8 Å². The van der Waals surface area contributed by atoms with E-state index >= 15 is 0 Å². The number of aryl methyl sites for hydroxylation is 1. The number of aromatic nitrogens is 1. The first-order chi connectivity index (χ1) is 14.7. The number of carbonyl (C=O) groups is 1. The lowest BCUT2D eigenvalue weighted by atomic mass is 10.1. The number of amides is 1. The van der Waals surface area contributed by atoms with Gasteiger partial charge in [0.05, 0.1) is 16.1 Å². The molecule has 0 aliphatic rings. The molecule has 0 saturated carbocycles. The average Bonchev–Trinajstić information content (AvgIpc) is 3.11. The van der Waals surface area contributed by atoms with Gasteiger partial charge in [-0.2, -0.15) is 13.2 Å². The number of nitrogens with one attached hydrogen (secondary N) is 1. The summed E-state index contributed by atoms with van der Waals surface area (Å²) in [7, 11) is 1.48. The van der Waals surface area contributed by atoms with E-state index in [4.69, 9.17) is 9.84 Å². The maximum absolute atomic E-state index is 12.7. The quantitative estimate of drug-likeness (QED) is 0.406. The Morgan fingerprint density at radius 3 is 2.35 bits per heavy atom. The number of alkyl halides is 3. The fourth-order valence-corrected chi connectivity index (χ4v) is 3.68. The van der Waals surface area contributed by atoms with Crippen LogP contribution < -0.4 is 10.1 Å². The van der Waals surface area contributed by atoms with Gasteiger partial charge in [-0.05, 0) is 43.3 Å². The normalized spacial score (nSPS) is 12.0. The molecule has 2 aromatic carbocycles. The molecule has 0 saturated heterocycles. The Labute approximate surface area is 180 Å². The maximum atomic E-state index is 12.7. The number of hydrogen-bond donors (Lipinski definition) is 2. The SMILES string of the molecule is CN=C(NC(=O)O)c1ccc(OCc2sc(-c3ccc(C(F)(F)F)cc3)nc2C)cc1. The van der Waals surface area contributed by atoms with E-state index in [1.165, 1.54) is 30.5 Å². The van der Waals surface area contributed by atoms with Gasteiger partial charge in [-0.25, -0.2) is 9.78 Å². The molecule has 0 aliphatic carbocycles. The third-order valence-electron chi connectivity index (χ3n) is 4.30. The van der Waals surface area contributed by atoms with Crippen molar-refractivity contribution in [1.82, 2.24) is 10.3 Å². The molecule has 2 N–H and O–H groups in total. The maximum Gasteiger partial charge on any atom is 0.416 e. The molecule has 1 heterocycles. The topological polar surface area (TPSA) is 83.8 Å².